The van der Waals surface area contributed by atoms with E-state index in [1.54, 1.807) is 6.92 Å². The van der Waals surface area contributed by atoms with E-state index < -0.39 is 11.6 Å². The molecular weight excluding hydrogens is 217 g/mol. The lowest BCUT2D eigenvalue weighted by Crippen LogP contribution is -1.98. The van der Waals surface area contributed by atoms with Crippen LogP contribution in [0.15, 0.2) is 0 Å². The minimum Gasteiger partial charge on any atom is -0.206 e. The Bertz CT molecular complexity index is 319. The summed E-state index contributed by atoms with van der Waals surface area (Å²) in [4.78, 5) is 0. The zero-order chi connectivity index (χ0) is 10.2. The van der Waals surface area contributed by atoms with E-state index >= 15 is 0 Å². The van der Waals surface area contributed by atoms with Crippen molar-refractivity contribution in [3.63, 3.8) is 0 Å². The number of rotatable bonds is 1. The van der Waals surface area contributed by atoms with Crippen LogP contribution in [0.4, 0.5) is 8.78 Å². The molecule has 0 spiro atoms. The number of benzene rings is 1. The van der Waals surface area contributed by atoms with E-state index in [4.69, 9.17) is 23.2 Å². The van der Waals surface area contributed by atoms with Crippen LogP contribution in [0.25, 0.3) is 0 Å². The molecule has 1 rings (SSSR count). The predicted molar refractivity (Wildman–Crippen MR) is 50.5 cm³/mol. The second kappa shape index (κ2) is 3.81. The van der Waals surface area contributed by atoms with E-state index in [0.29, 0.717) is 6.42 Å². The van der Waals surface area contributed by atoms with Crippen molar-refractivity contribution in [2.75, 3.05) is 0 Å². The van der Waals surface area contributed by atoms with Crippen LogP contribution in [0.5, 0.6) is 0 Å². The van der Waals surface area contributed by atoms with Gasteiger partial charge in [0.15, 0.2) is 0 Å². The van der Waals surface area contributed by atoms with Gasteiger partial charge in [0.25, 0.3) is 0 Å². The maximum absolute atomic E-state index is 13.3. The molecule has 13 heavy (non-hydrogen) atoms. The Hall–Kier alpha value is -0.340. The molecule has 0 radical (unpaired) electrons. The van der Waals surface area contributed by atoms with E-state index in [-0.39, 0.29) is 21.2 Å². The van der Waals surface area contributed by atoms with Gasteiger partial charge >= 0.3 is 0 Å². The summed E-state index contributed by atoms with van der Waals surface area (Å²) in [6.45, 7) is 3.07. The van der Waals surface area contributed by atoms with Gasteiger partial charge in [0.1, 0.15) is 11.6 Å². The summed E-state index contributed by atoms with van der Waals surface area (Å²) < 4.78 is 26.4. The van der Waals surface area contributed by atoms with Gasteiger partial charge in [-0.3, -0.25) is 0 Å². The predicted octanol–water partition coefficient (Wildman–Crippen LogP) is 4.14. The van der Waals surface area contributed by atoms with E-state index in [0.717, 1.165) is 0 Å². The normalized spacial score (nSPS) is 10.6. The quantitative estimate of drug-likeness (QED) is 0.497. The molecule has 0 bridgehead atoms. The highest BCUT2D eigenvalue weighted by Crippen LogP contribution is 2.33. The van der Waals surface area contributed by atoms with Crippen LogP contribution in [0, 0.1) is 18.6 Å². The van der Waals surface area contributed by atoms with Crippen LogP contribution in [-0.4, -0.2) is 0 Å². The van der Waals surface area contributed by atoms with Crippen molar-refractivity contribution in [1.29, 1.82) is 0 Å². The number of halogens is 4. The third-order valence-corrected chi connectivity index (χ3v) is 2.80. The molecule has 0 saturated heterocycles. The largest absolute Gasteiger partial charge is 0.206 e. The Balaban J connectivity index is 3.56. The lowest BCUT2D eigenvalue weighted by atomic mass is 10.1. The second-order valence-electron chi connectivity index (χ2n) is 2.71. The highest BCUT2D eigenvalue weighted by atomic mass is 35.5. The minimum atomic E-state index is -0.777. The fourth-order valence-electron chi connectivity index (χ4n) is 1.12. The average molecular weight is 225 g/mol. The molecule has 0 N–H and O–H groups in total. The first kappa shape index (κ1) is 10.7. The Morgan fingerprint density at radius 3 is 2.08 bits per heavy atom. The molecule has 0 nitrogen and oxygen atoms in total. The smallest absolute Gasteiger partial charge is 0.149 e. The van der Waals surface area contributed by atoms with Gasteiger partial charge in [-0.1, -0.05) is 30.1 Å². The van der Waals surface area contributed by atoms with Crippen molar-refractivity contribution in [2.45, 2.75) is 20.3 Å². The number of hydrogen-bond acceptors (Lipinski definition) is 0. The van der Waals surface area contributed by atoms with Gasteiger partial charge < -0.3 is 0 Å². The molecule has 0 aliphatic rings. The molecule has 0 aliphatic carbocycles. The zero-order valence-electron chi connectivity index (χ0n) is 7.22. The molecule has 1 aromatic rings. The number of hydrogen-bond donors (Lipinski definition) is 0. The molecule has 72 valence electrons. The molecule has 1 aromatic carbocycles. The SMILES string of the molecule is CCc1c(F)c(C)c(F)c(Cl)c1Cl. The van der Waals surface area contributed by atoms with Gasteiger partial charge in [-0.2, -0.15) is 0 Å². The topological polar surface area (TPSA) is 0 Å². The Morgan fingerprint density at radius 1 is 1.08 bits per heavy atom. The molecule has 0 aromatic heterocycles. The van der Waals surface area contributed by atoms with Gasteiger partial charge in [-0.15, -0.1) is 0 Å². The van der Waals surface area contributed by atoms with Crippen molar-refractivity contribution in [3.05, 3.63) is 32.8 Å². The van der Waals surface area contributed by atoms with Crippen molar-refractivity contribution in [2.24, 2.45) is 0 Å². The lowest BCUT2D eigenvalue weighted by Gasteiger charge is -2.09. The third-order valence-electron chi connectivity index (χ3n) is 1.93. The fraction of sp³-hybridized carbons (Fsp3) is 0.333. The first-order chi connectivity index (χ1) is 6.00. The van der Waals surface area contributed by atoms with Crippen molar-refractivity contribution < 1.29 is 8.78 Å². The Kier molecular flexibility index (Phi) is 3.14. The molecule has 0 heterocycles. The van der Waals surface area contributed by atoms with Crippen LogP contribution < -0.4 is 0 Å². The van der Waals surface area contributed by atoms with E-state index in [9.17, 15) is 8.78 Å². The van der Waals surface area contributed by atoms with Crippen LogP contribution in [0.3, 0.4) is 0 Å². The Morgan fingerprint density at radius 2 is 1.62 bits per heavy atom. The maximum Gasteiger partial charge on any atom is 0.149 e. The maximum atomic E-state index is 13.3. The van der Waals surface area contributed by atoms with Gasteiger partial charge in [0, 0.05) is 11.1 Å². The van der Waals surface area contributed by atoms with E-state index in [2.05, 4.69) is 0 Å². The Labute approximate surface area is 85.5 Å². The molecular formula is C9H8Cl2F2. The van der Waals surface area contributed by atoms with Crippen LogP contribution >= 0.6 is 23.2 Å². The molecule has 0 fully saturated rings. The van der Waals surface area contributed by atoms with Gasteiger partial charge in [0.05, 0.1) is 10.0 Å². The van der Waals surface area contributed by atoms with Crippen molar-refractivity contribution in [1.82, 2.24) is 0 Å². The summed E-state index contributed by atoms with van der Waals surface area (Å²) in [7, 11) is 0. The van der Waals surface area contributed by atoms with Gasteiger partial charge in [-0.25, -0.2) is 8.78 Å². The fourth-order valence-corrected chi connectivity index (χ4v) is 1.68. The second-order valence-corrected chi connectivity index (χ2v) is 3.47. The molecule has 0 unspecified atom stereocenters. The summed E-state index contributed by atoms with van der Waals surface area (Å²) in [5, 5.41) is -0.220. The van der Waals surface area contributed by atoms with Crippen LogP contribution in [0.2, 0.25) is 10.0 Å². The highest BCUT2D eigenvalue weighted by molar-refractivity contribution is 6.42. The third kappa shape index (κ3) is 1.65. The monoisotopic (exact) mass is 224 g/mol. The van der Waals surface area contributed by atoms with Gasteiger partial charge in [0.2, 0.25) is 0 Å². The molecule has 0 amide bonds. The zero-order valence-corrected chi connectivity index (χ0v) is 8.73. The average Bonchev–Trinajstić information content (AvgIpc) is 2.13. The summed E-state index contributed by atoms with van der Waals surface area (Å²) in [5.41, 5.74) is 0.191. The lowest BCUT2D eigenvalue weighted by molar-refractivity contribution is 0.559. The van der Waals surface area contributed by atoms with Crippen LogP contribution in [-0.2, 0) is 6.42 Å². The van der Waals surface area contributed by atoms with E-state index in [1.165, 1.54) is 6.92 Å². The van der Waals surface area contributed by atoms with Crippen LogP contribution in [0.1, 0.15) is 18.1 Å². The highest BCUT2D eigenvalue weighted by Gasteiger charge is 2.18. The van der Waals surface area contributed by atoms with E-state index in [1.807, 2.05) is 0 Å². The minimum absolute atomic E-state index is 0.0234. The standard InChI is InChI=1S/C9H8Cl2F2/c1-3-5-6(10)7(11)9(13)4(2)8(5)12/h3H2,1-2H3. The summed E-state index contributed by atoms with van der Waals surface area (Å²) >= 11 is 11.2. The molecule has 0 atom stereocenters. The van der Waals surface area contributed by atoms with Crippen molar-refractivity contribution in [3.8, 4) is 0 Å². The van der Waals surface area contributed by atoms with Gasteiger partial charge in [-0.05, 0) is 13.3 Å². The summed E-state index contributed by atoms with van der Waals surface area (Å²) in [6.07, 6.45) is 0.394. The van der Waals surface area contributed by atoms with Crippen molar-refractivity contribution >= 4 is 23.2 Å². The summed E-state index contributed by atoms with van der Waals surface area (Å²) in [5.74, 6) is -1.38. The first-order valence-electron chi connectivity index (χ1n) is 3.82. The molecule has 0 saturated carbocycles. The summed E-state index contributed by atoms with van der Waals surface area (Å²) in [6, 6.07) is 0. The molecule has 0 aliphatic heterocycles. The first-order valence-corrected chi connectivity index (χ1v) is 4.57. The molecule has 4 heteroatoms.